The highest BCUT2D eigenvalue weighted by Gasteiger charge is 2.31. The summed E-state index contributed by atoms with van der Waals surface area (Å²) in [4.78, 5) is 27.9. The summed E-state index contributed by atoms with van der Waals surface area (Å²) in [6.07, 6.45) is 1.50. The quantitative estimate of drug-likeness (QED) is 0.648. The molecule has 0 fully saturated rings. The van der Waals surface area contributed by atoms with E-state index in [4.69, 9.17) is 4.74 Å². The minimum absolute atomic E-state index is 0.153. The van der Waals surface area contributed by atoms with E-state index in [1.165, 1.54) is 5.56 Å². The molecule has 0 radical (unpaired) electrons. The molecule has 4 rings (SSSR count). The van der Waals surface area contributed by atoms with Crippen molar-refractivity contribution in [1.29, 1.82) is 0 Å². The van der Waals surface area contributed by atoms with Crippen LogP contribution < -0.4 is 10.2 Å². The van der Waals surface area contributed by atoms with Gasteiger partial charge in [0.1, 0.15) is 11.6 Å². The van der Waals surface area contributed by atoms with E-state index in [1.807, 2.05) is 24.3 Å². The summed E-state index contributed by atoms with van der Waals surface area (Å²) >= 11 is 1.57. The normalized spacial score (nSPS) is 16.7. The number of amides is 2. The molecule has 2 heterocycles. The zero-order valence-electron chi connectivity index (χ0n) is 18.2. The Morgan fingerprint density at radius 2 is 1.94 bits per heavy atom. The lowest BCUT2D eigenvalue weighted by atomic mass is 10.2. The molecular formula is C24H27N3O3S. The van der Waals surface area contributed by atoms with Gasteiger partial charge >= 0.3 is 6.09 Å². The molecule has 6 nitrogen and oxygen atoms in total. The number of carbonyl (C=O) groups excluding carboxylic acids is 2. The molecular weight excluding hydrogens is 410 g/mol. The third-order valence-corrected chi connectivity index (χ3v) is 6.27. The number of anilines is 1. The summed E-state index contributed by atoms with van der Waals surface area (Å²) < 4.78 is 7.55. The molecule has 0 aliphatic carbocycles. The van der Waals surface area contributed by atoms with Gasteiger partial charge in [0.2, 0.25) is 5.91 Å². The number of benzene rings is 2. The number of rotatable bonds is 3. The number of carbonyl (C=O) groups is 2. The van der Waals surface area contributed by atoms with Crippen LogP contribution in [0.5, 0.6) is 0 Å². The van der Waals surface area contributed by atoms with Gasteiger partial charge in [0.05, 0.1) is 5.69 Å². The van der Waals surface area contributed by atoms with Gasteiger partial charge in [-0.15, -0.1) is 11.8 Å². The monoisotopic (exact) mass is 437 g/mol. The van der Waals surface area contributed by atoms with Crippen LogP contribution in [-0.2, 0) is 16.1 Å². The molecule has 7 heteroatoms. The summed E-state index contributed by atoms with van der Waals surface area (Å²) in [5.74, 6) is 0.292. The van der Waals surface area contributed by atoms with E-state index in [0.717, 1.165) is 28.0 Å². The maximum absolute atomic E-state index is 13.0. The second-order valence-electron chi connectivity index (χ2n) is 8.72. The van der Waals surface area contributed by atoms with Crippen LogP contribution in [0.25, 0.3) is 10.9 Å². The topological polar surface area (TPSA) is 63.6 Å². The van der Waals surface area contributed by atoms with Crippen molar-refractivity contribution in [2.45, 2.75) is 43.9 Å². The highest BCUT2D eigenvalue weighted by Crippen LogP contribution is 2.37. The van der Waals surface area contributed by atoms with Gasteiger partial charge in [-0.3, -0.25) is 4.79 Å². The number of fused-ring (bicyclic) bond motifs is 2. The zero-order chi connectivity index (χ0) is 22.2. The Morgan fingerprint density at radius 1 is 1.19 bits per heavy atom. The first-order valence-corrected chi connectivity index (χ1v) is 11.3. The first-order chi connectivity index (χ1) is 14.7. The van der Waals surface area contributed by atoms with E-state index in [-0.39, 0.29) is 5.91 Å². The van der Waals surface area contributed by atoms with E-state index in [1.54, 1.807) is 44.5 Å². The van der Waals surface area contributed by atoms with Gasteiger partial charge in [0, 0.05) is 41.3 Å². The number of thioether (sulfide) groups is 1. The Morgan fingerprint density at radius 3 is 2.65 bits per heavy atom. The number of hydrogen-bond donors (Lipinski definition) is 1. The Bertz CT molecular complexity index is 1120. The minimum atomic E-state index is -0.650. The van der Waals surface area contributed by atoms with Gasteiger partial charge in [-0.1, -0.05) is 30.3 Å². The first-order valence-electron chi connectivity index (χ1n) is 10.3. The summed E-state index contributed by atoms with van der Waals surface area (Å²) in [6, 6.07) is 15.9. The molecule has 0 spiro atoms. The Hall–Kier alpha value is -2.93. The van der Waals surface area contributed by atoms with Crippen LogP contribution in [0, 0.1) is 0 Å². The SMILES string of the molecule is CN1C(=O)[C@@H](NC(=O)OC(C)(C)C)CSc2cc3c(ccn3Cc3ccccc3)cc21. The maximum atomic E-state index is 13.0. The predicted octanol–water partition coefficient (Wildman–Crippen LogP) is 4.65. The fourth-order valence-electron chi connectivity index (χ4n) is 3.65. The van der Waals surface area contributed by atoms with Crippen molar-refractivity contribution in [3.05, 3.63) is 60.3 Å². The molecule has 0 bridgehead atoms. The number of hydrogen-bond acceptors (Lipinski definition) is 4. The van der Waals surface area contributed by atoms with Gasteiger partial charge in [0.15, 0.2) is 0 Å². The molecule has 1 aromatic heterocycles. The Kier molecular flexibility index (Phi) is 5.71. The molecule has 3 aromatic rings. The molecule has 31 heavy (non-hydrogen) atoms. The van der Waals surface area contributed by atoms with Gasteiger partial charge in [-0.25, -0.2) is 4.79 Å². The number of alkyl carbamates (subject to hydrolysis) is 1. The maximum Gasteiger partial charge on any atom is 0.408 e. The van der Waals surface area contributed by atoms with Crippen LogP contribution in [-0.4, -0.2) is 41.0 Å². The minimum Gasteiger partial charge on any atom is -0.444 e. The second kappa shape index (κ2) is 8.30. The number of nitrogens with zero attached hydrogens (tertiary/aromatic N) is 2. The second-order valence-corrected chi connectivity index (χ2v) is 9.78. The fourth-order valence-corrected chi connectivity index (χ4v) is 4.76. The standard InChI is InChI=1S/C24H27N3O3S/c1-24(2,3)30-23(29)25-18-15-31-21-13-19-17(12-20(21)26(4)22(18)28)10-11-27(19)14-16-8-6-5-7-9-16/h5-13,18H,14-15H2,1-4H3,(H,25,29)/t18-/m0/s1. The van der Waals surface area contributed by atoms with E-state index in [9.17, 15) is 9.59 Å². The average molecular weight is 438 g/mol. The summed E-state index contributed by atoms with van der Waals surface area (Å²) in [5.41, 5.74) is 2.59. The van der Waals surface area contributed by atoms with E-state index < -0.39 is 17.7 Å². The molecule has 2 aromatic carbocycles. The number of aromatic nitrogens is 1. The highest BCUT2D eigenvalue weighted by molar-refractivity contribution is 7.99. The average Bonchev–Trinajstić information content (AvgIpc) is 3.05. The van der Waals surface area contributed by atoms with Crippen molar-refractivity contribution in [3.63, 3.8) is 0 Å². The van der Waals surface area contributed by atoms with E-state index in [0.29, 0.717) is 5.75 Å². The van der Waals surface area contributed by atoms with Crippen molar-refractivity contribution >= 4 is 40.4 Å². The lowest BCUT2D eigenvalue weighted by Gasteiger charge is -2.24. The van der Waals surface area contributed by atoms with Crippen molar-refractivity contribution in [1.82, 2.24) is 9.88 Å². The molecule has 0 unspecified atom stereocenters. The number of likely N-dealkylation sites (N-methyl/N-ethyl adjacent to an activating group) is 1. The highest BCUT2D eigenvalue weighted by atomic mass is 32.2. The van der Waals surface area contributed by atoms with Crippen molar-refractivity contribution in [2.24, 2.45) is 0 Å². The largest absolute Gasteiger partial charge is 0.444 e. The summed E-state index contributed by atoms with van der Waals surface area (Å²) in [5, 5.41) is 3.81. The third kappa shape index (κ3) is 4.71. The molecule has 1 aliphatic rings. The Labute approximate surface area is 186 Å². The molecule has 2 amide bonds. The molecule has 1 atom stereocenters. The van der Waals surface area contributed by atoms with Crippen LogP contribution >= 0.6 is 11.8 Å². The van der Waals surface area contributed by atoms with Crippen molar-refractivity contribution in [2.75, 3.05) is 17.7 Å². The fraction of sp³-hybridized carbons (Fsp3) is 0.333. The molecule has 0 saturated carbocycles. The van der Waals surface area contributed by atoms with Gasteiger partial charge in [-0.2, -0.15) is 0 Å². The van der Waals surface area contributed by atoms with Crippen LogP contribution in [0.15, 0.2) is 59.6 Å². The van der Waals surface area contributed by atoms with Crippen molar-refractivity contribution < 1.29 is 14.3 Å². The molecule has 162 valence electrons. The van der Waals surface area contributed by atoms with Crippen molar-refractivity contribution in [3.8, 4) is 0 Å². The Balaban J connectivity index is 1.59. The number of ether oxygens (including phenoxy) is 1. The van der Waals surface area contributed by atoms with Gasteiger partial charge in [-0.05, 0) is 44.5 Å². The summed E-state index contributed by atoms with van der Waals surface area (Å²) in [6.45, 7) is 6.18. The van der Waals surface area contributed by atoms with E-state index >= 15 is 0 Å². The molecule has 1 N–H and O–H groups in total. The summed E-state index contributed by atoms with van der Waals surface area (Å²) in [7, 11) is 1.75. The first kappa shape index (κ1) is 21.3. The van der Waals surface area contributed by atoms with Gasteiger partial charge < -0.3 is 19.5 Å². The molecule has 1 aliphatic heterocycles. The predicted molar refractivity (Wildman–Crippen MR) is 125 cm³/mol. The van der Waals surface area contributed by atoms with Crippen LogP contribution in [0.2, 0.25) is 0 Å². The van der Waals surface area contributed by atoms with E-state index in [2.05, 4.69) is 40.3 Å². The lowest BCUT2D eigenvalue weighted by Crippen LogP contribution is -2.49. The van der Waals surface area contributed by atoms with Crippen LogP contribution in [0.4, 0.5) is 10.5 Å². The van der Waals surface area contributed by atoms with Crippen LogP contribution in [0.1, 0.15) is 26.3 Å². The smallest absolute Gasteiger partial charge is 0.408 e. The zero-order valence-corrected chi connectivity index (χ0v) is 19.0. The third-order valence-electron chi connectivity index (χ3n) is 5.13. The number of nitrogens with one attached hydrogen (secondary N) is 1. The molecule has 0 saturated heterocycles. The van der Waals surface area contributed by atoms with Crippen LogP contribution in [0.3, 0.4) is 0 Å². The lowest BCUT2D eigenvalue weighted by molar-refractivity contribution is -0.119. The van der Waals surface area contributed by atoms with Gasteiger partial charge in [0.25, 0.3) is 0 Å².